The van der Waals surface area contributed by atoms with E-state index in [1.54, 1.807) is 18.2 Å². The van der Waals surface area contributed by atoms with E-state index in [0.29, 0.717) is 16.2 Å². The number of aromatic nitrogens is 1. The summed E-state index contributed by atoms with van der Waals surface area (Å²) in [5.74, 6) is -0.415. The van der Waals surface area contributed by atoms with E-state index in [1.165, 1.54) is 23.5 Å². The van der Waals surface area contributed by atoms with Crippen molar-refractivity contribution < 1.29 is 9.72 Å². The summed E-state index contributed by atoms with van der Waals surface area (Å²) in [4.78, 5) is 27.9. The van der Waals surface area contributed by atoms with Crippen molar-refractivity contribution in [1.82, 2.24) is 4.57 Å². The van der Waals surface area contributed by atoms with Crippen LogP contribution in [0.1, 0.15) is 10.4 Å². The lowest BCUT2D eigenvalue weighted by Gasteiger charge is -2.00. The standard InChI is InChI=1S/C18H15N3O3S2/c1-3-10-20-14-7-4-12(2)11-15(14)26-18(20)19-16(22)8-5-13-6-9-17(25-13)21(23)24/h3-9,11H,1,10H2,2H3/b8-5-,19-18?. The first-order valence-corrected chi connectivity index (χ1v) is 9.33. The van der Waals surface area contributed by atoms with Gasteiger partial charge < -0.3 is 4.57 Å². The molecule has 1 amide bonds. The van der Waals surface area contributed by atoms with E-state index in [1.807, 2.05) is 23.6 Å². The SMILES string of the molecule is C=CCn1c(=NC(=O)/C=C\c2ccc([N+](=O)[O-])s2)sc2cc(C)ccc21. The maximum Gasteiger partial charge on any atom is 0.324 e. The van der Waals surface area contributed by atoms with Crippen LogP contribution in [0.3, 0.4) is 0 Å². The minimum Gasteiger partial charge on any atom is -0.312 e. The van der Waals surface area contributed by atoms with Gasteiger partial charge in [-0.3, -0.25) is 14.9 Å². The van der Waals surface area contributed by atoms with E-state index in [2.05, 4.69) is 17.6 Å². The third-order valence-electron chi connectivity index (χ3n) is 3.54. The van der Waals surface area contributed by atoms with Crippen molar-refractivity contribution in [3.8, 4) is 0 Å². The predicted octanol–water partition coefficient (Wildman–Crippen LogP) is 4.31. The smallest absolute Gasteiger partial charge is 0.312 e. The molecule has 8 heteroatoms. The van der Waals surface area contributed by atoms with Gasteiger partial charge in [0.2, 0.25) is 0 Å². The largest absolute Gasteiger partial charge is 0.324 e. The third kappa shape index (κ3) is 3.87. The fraction of sp³-hybridized carbons (Fsp3) is 0.111. The van der Waals surface area contributed by atoms with Crippen molar-refractivity contribution in [1.29, 1.82) is 0 Å². The number of nitrogens with zero attached hydrogens (tertiary/aromatic N) is 3. The number of carbonyl (C=O) groups is 1. The molecular weight excluding hydrogens is 370 g/mol. The molecule has 0 N–H and O–H groups in total. The van der Waals surface area contributed by atoms with Crippen molar-refractivity contribution in [3.05, 3.63) is 74.4 Å². The molecule has 132 valence electrons. The van der Waals surface area contributed by atoms with E-state index in [0.717, 1.165) is 27.1 Å². The number of benzene rings is 1. The number of nitro groups is 1. The number of hydrogen-bond donors (Lipinski definition) is 0. The Labute approximate surface area is 157 Å². The minimum atomic E-state index is -0.453. The average Bonchev–Trinajstić information content (AvgIpc) is 3.19. The van der Waals surface area contributed by atoms with Gasteiger partial charge in [0.05, 0.1) is 15.1 Å². The molecule has 0 saturated carbocycles. The van der Waals surface area contributed by atoms with Crippen molar-refractivity contribution in [2.75, 3.05) is 0 Å². The summed E-state index contributed by atoms with van der Waals surface area (Å²) >= 11 is 2.45. The van der Waals surface area contributed by atoms with Crippen molar-refractivity contribution in [2.24, 2.45) is 4.99 Å². The van der Waals surface area contributed by atoms with Crippen LogP contribution in [0.25, 0.3) is 16.3 Å². The maximum absolute atomic E-state index is 12.2. The average molecular weight is 385 g/mol. The highest BCUT2D eigenvalue weighted by Crippen LogP contribution is 2.24. The first kappa shape index (κ1) is 18.0. The highest BCUT2D eigenvalue weighted by atomic mass is 32.1. The summed E-state index contributed by atoms with van der Waals surface area (Å²) in [7, 11) is 0. The van der Waals surface area contributed by atoms with Crippen LogP contribution in [0, 0.1) is 17.0 Å². The lowest BCUT2D eigenvalue weighted by atomic mass is 10.2. The van der Waals surface area contributed by atoms with Crippen molar-refractivity contribution in [2.45, 2.75) is 13.5 Å². The first-order valence-electron chi connectivity index (χ1n) is 7.70. The van der Waals surface area contributed by atoms with Gasteiger partial charge in [0.15, 0.2) is 4.80 Å². The van der Waals surface area contributed by atoms with Gasteiger partial charge in [0.25, 0.3) is 5.91 Å². The number of hydrogen-bond acceptors (Lipinski definition) is 5. The number of rotatable bonds is 5. The second-order valence-corrected chi connectivity index (χ2v) is 7.57. The highest BCUT2D eigenvalue weighted by Gasteiger charge is 2.09. The van der Waals surface area contributed by atoms with E-state index in [4.69, 9.17) is 0 Å². The van der Waals surface area contributed by atoms with Crippen LogP contribution in [0.4, 0.5) is 5.00 Å². The van der Waals surface area contributed by atoms with E-state index in [-0.39, 0.29) is 5.00 Å². The monoisotopic (exact) mass is 385 g/mol. The molecule has 0 atom stereocenters. The number of amides is 1. The first-order chi connectivity index (χ1) is 12.5. The summed E-state index contributed by atoms with van der Waals surface area (Å²) in [6, 6.07) is 9.10. The molecule has 3 rings (SSSR count). The normalized spacial score (nSPS) is 12.1. The van der Waals surface area contributed by atoms with E-state index < -0.39 is 10.8 Å². The van der Waals surface area contributed by atoms with Crippen LogP contribution in [0.15, 0.2) is 54.1 Å². The zero-order valence-corrected chi connectivity index (χ0v) is 15.5. The molecule has 0 saturated heterocycles. The zero-order chi connectivity index (χ0) is 18.7. The second-order valence-electron chi connectivity index (χ2n) is 5.47. The number of fused-ring (bicyclic) bond motifs is 1. The predicted molar refractivity (Wildman–Crippen MR) is 105 cm³/mol. The third-order valence-corrected chi connectivity index (χ3v) is 5.58. The lowest BCUT2D eigenvalue weighted by Crippen LogP contribution is -2.15. The van der Waals surface area contributed by atoms with Gasteiger partial charge in [-0.05, 0) is 36.8 Å². The van der Waals surface area contributed by atoms with Crippen LogP contribution < -0.4 is 4.80 Å². The van der Waals surface area contributed by atoms with Gasteiger partial charge in [-0.1, -0.05) is 34.8 Å². The Morgan fingerprint density at radius 1 is 1.35 bits per heavy atom. The Morgan fingerprint density at radius 2 is 2.15 bits per heavy atom. The number of thiazole rings is 1. The molecule has 2 heterocycles. The minimum absolute atomic E-state index is 0.0396. The Balaban J connectivity index is 1.93. The molecule has 0 unspecified atom stereocenters. The quantitative estimate of drug-likeness (QED) is 0.284. The molecule has 0 radical (unpaired) electrons. The number of carbonyl (C=O) groups excluding carboxylic acids is 1. The fourth-order valence-corrected chi connectivity index (χ4v) is 4.25. The zero-order valence-electron chi connectivity index (χ0n) is 13.9. The molecule has 6 nitrogen and oxygen atoms in total. The number of aryl methyl sites for hydroxylation is 1. The Kier molecular flexibility index (Phi) is 5.24. The summed E-state index contributed by atoms with van der Waals surface area (Å²) in [6.45, 7) is 6.33. The number of allylic oxidation sites excluding steroid dienone is 1. The molecule has 0 aliphatic rings. The molecule has 26 heavy (non-hydrogen) atoms. The Bertz CT molecular complexity index is 1100. The molecule has 0 aliphatic carbocycles. The van der Waals surface area contributed by atoms with Crippen LogP contribution in [-0.4, -0.2) is 15.4 Å². The van der Waals surface area contributed by atoms with Gasteiger partial charge in [0, 0.05) is 23.6 Å². The molecule has 3 aromatic rings. The van der Waals surface area contributed by atoms with Gasteiger partial charge in [-0.2, -0.15) is 4.99 Å². The van der Waals surface area contributed by atoms with Crippen molar-refractivity contribution in [3.63, 3.8) is 0 Å². The molecule has 2 aromatic heterocycles. The molecule has 0 aliphatic heterocycles. The molecule has 0 fully saturated rings. The summed E-state index contributed by atoms with van der Waals surface area (Å²) in [5.41, 5.74) is 2.14. The number of thiophene rings is 1. The molecule has 0 spiro atoms. The second kappa shape index (κ2) is 7.59. The van der Waals surface area contributed by atoms with Gasteiger partial charge in [-0.25, -0.2) is 0 Å². The van der Waals surface area contributed by atoms with E-state index in [9.17, 15) is 14.9 Å². The van der Waals surface area contributed by atoms with Crippen molar-refractivity contribution >= 4 is 49.9 Å². The highest BCUT2D eigenvalue weighted by molar-refractivity contribution is 7.16. The lowest BCUT2D eigenvalue weighted by molar-refractivity contribution is -0.380. The maximum atomic E-state index is 12.2. The molecule has 1 aromatic carbocycles. The van der Waals surface area contributed by atoms with Crippen LogP contribution >= 0.6 is 22.7 Å². The molecule has 0 bridgehead atoms. The van der Waals surface area contributed by atoms with Gasteiger partial charge in [0.1, 0.15) is 0 Å². The Hall–Kier alpha value is -2.84. The van der Waals surface area contributed by atoms with Crippen LogP contribution in [0.2, 0.25) is 0 Å². The van der Waals surface area contributed by atoms with Crippen LogP contribution in [0.5, 0.6) is 0 Å². The molecular formula is C18H15N3O3S2. The fourth-order valence-electron chi connectivity index (χ4n) is 2.39. The van der Waals surface area contributed by atoms with Gasteiger partial charge in [-0.15, -0.1) is 6.58 Å². The summed E-state index contributed by atoms with van der Waals surface area (Å²) in [5, 5.41) is 10.7. The topological polar surface area (TPSA) is 77.5 Å². The Morgan fingerprint density at radius 3 is 2.85 bits per heavy atom. The summed E-state index contributed by atoms with van der Waals surface area (Å²) < 4.78 is 2.99. The van der Waals surface area contributed by atoms with Crippen LogP contribution in [-0.2, 0) is 11.3 Å². The van der Waals surface area contributed by atoms with E-state index >= 15 is 0 Å². The summed E-state index contributed by atoms with van der Waals surface area (Å²) in [6.07, 6.45) is 4.62. The van der Waals surface area contributed by atoms with Gasteiger partial charge >= 0.3 is 5.00 Å².